The second-order valence-corrected chi connectivity index (χ2v) is 34.2. The van der Waals surface area contributed by atoms with E-state index < -0.39 is 29.7 Å². The molecule has 0 atom stereocenters. The topological polar surface area (TPSA) is 22.2 Å². The molecule has 0 spiro atoms. The van der Waals surface area contributed by atoms with E-state index in [1.54, 1.807) is 0 Å². The molecule has 0 aromatic heterocycles. The molecule has 7 aliphatic rings. The van der Waals surface area contributed by atoms with Crippen LogP contribution >= 0.6 is 0 Å². The van der Waals surface area contributed by atoms with Gasteiger partial charge in [0.2, 0.25) is 0 Å². The lowest BCUT2D eigenvalue weighted by atomic mass is 9.68. The first kappa shape index (κ1) is 55.5. The van der Waals surface area contributed by atoms with Gasteiger partial charge in [-0.3, -0.25) is 0 Å². The normalized spacial score (nSPS) is 16.7. The number of hydrogen-bond acceptors (Lipinski definition) is 5. The van der Waals surface area contributed by atoms with Crippen molar-refractivity contribution in [2.45, 2.75) is 132 Å². The Hall–Kier alpha value is -9.36. The standard InChI is InChI=1S/C86H78N4OSi/c1-47-17-27-54(28-18-47)87(55-29-19-48(2)20-30-55)58-35-37-60-62(45-58)83(8,9)74-70(60)72-76-81-78(74)91-79-75-71(61-38-36-59(46-63(61)84(75,10)11)88(56-31-21-49(3)22-32-56)57-33-23-50(4)24-34-57)73-77-82(79)92(81,16)80-68(89(76)66-39-25-51(5)41-64(66)85(72,12)13)43-53(7)44-69(80)90(77)67-40-26-52(6)42-65(67)86(73,14)15/h17-46H,1-16H3. The van der Waals surface area contributed by atoms with Crippen LogP contribution in [0.5, 0.6) is 11.5 Å². The summed E-state index contributed by atoms with van der Waals surface area (Å²) in [6.07, 6.45) is 0. The van der Waals surface area contributed by atoms with E-state index in [4.69, 9.17) is 4.74 Å². The number of hydrogen-bond donors (Lipinski definition) is 0. The Labute approximate surface area is 544 Å². The van der Waals surface area contributed by atoms with Crippen LogP contribution < -0.4 is 39.9 Å². The summed E-state index contributed by atoms with van der Waals surface area (Å²) >= 11 is 0. The zero-order valence-electron chi connectivity index (χ0n) is 56.0. The molecule has 452 valence electrons. The number of nitrogens with zero attached hydrogens (tertiary/aromatic N) is 4. The van der Waals surface area contributed by atoms with Crippen LogP contribution in [-0.4, -0.2) is 8.07 Å². The molecule has 2 aliphatic carbocycles. The van der Waals surface area contributed by atoms with Crippen molar-refractivity contribution in [2.24, 2.45) is 0 Å². The molecule has 0 unspecified atom stereocenters. The van der Waals surface area contributed by atoms with Crippen molar-refractivity contribution in [3.05, 3.63) is 265 Å². The molecule has 0 N–H and O–H groups in total. The van der Waals surface area contributed by atoms with Crippen LogP contribution in [0.15, 0.2) is 182 Å². The van der Waals surface area contributed by atoms with Crippen LogP contribution in [0, 0.1) is 48.5 Å². The van der Waals surface area contributed by atoms with Gasteiger partial charge in [0.15, 0.2) is 8.07 Å². The van der Waals surface area contributed by atoms with Crippen molar-refractivity contribution < 1.29 is 4.74 Å². The van der Waals surface area contributed by atoms with Gasteiger partial charge in [0.05, 0.1) is 22.7 Å². The van der Waals surface area contributed by atoms with Crippen molar-refractivity contribution in [1.29, 1.82) is 0 Å². The molecule has 11 aromatic carbocycles. The third kappa shape index (κ3) is 6.88. The van der Waals surface area contributed by atoms with E-state index in [1.807, 2.05) is 0 Å². The van der Waals surface area contributed by atoms with Crippen molar-refractivity contribution in [3.8, 4) is 33.8 Å². The molecule has 0 amide bonds. The Morgan fingerprint density at radius 1 is 0.304 bits per heavy atom. The first-order valence-corrected chi connectivity index (χ1v) is 35.7. The summed E-state index contributed by atoms with van der Waals surface area (Å²) in [5.41, 5.74) is 37.7. The van der Waals surface area contributed by atoms with Gasteiger partial charge in [-0.25, -0.2) is 0 Å². The molecule has 18 rings (SSSR count). The van der Waals surface area contributed by atoms with Crippen LogP contribution in [0.1, 0.15) is 139 Å². The maximum absolute atomic E-state index is 8.69. The minimum absolute atomic E-state index is 0.406. The third-order valence-corrected chi connectivity index (χ3v) is 27.4. The maximum Gasteiger partial charge on any atom is 0.166 e. The van der Waals surface area contributed by atoms with Gasteiger partial charge in [0, 0.05) is 88.7 Å². The number of fused-ring (bicyclic) bond motifs is 16. The molecule has 0 saturated heterocycles. The highest BCUT2D eigenvalue weighted by Crippen LogP contribution is 2.70. The smallest absolute Gasteiger partial charge is 0.166 e. The number of rotatable bonds is 6. The van der Waals surface area contributed by atoms with E-state index in [1.165, 1.54) is 155 Å². The monoisotopic (exact) mass is 1210 g/mol. The fraction of sp³-hybridized carbons (Fsp3) is 0.233. The predicted octanol–water partition coefficient (Wildman–Crippen LogP) is 21.4. The Morgan fingerprint density at radius 2 is 0.620 bits per heavy atom. The largest absolute Gasteiger partial charge is 0.457 e. The van der Waals surface area contributed by atoms with Gasteiger partial charge in [-0.05, 0) is 212 Å². The lowest BCUT2D eigenvalue weighted by Crippen LogP contribution is -2.74. The fourth-order valence-corrected chi connectivity index (χ4v) is 23.3. The van der Waals surface area contributed by atoms with E-state index in [-0.39, 0.29) is 0 Å². The summed E-state index contributed by atoms with van der Waals surface area (Å²) in [5.74, 6) is 2.15. The first-order chi connectivity index (χ1) is 43.9. The van der Waals surface area contributed by atoms with Crippen molar-refractivity contribution in [2.75, 3.05) is 19.6 Å². The van der Waals surface area contributed by atoms with E-state index in [0.717, 1.165) is 45.6 Å². The molecular formula is C86H78N4OSi. The first-order valence-electron chi connectivity index (χ1n) is 33.2. The molecular weight excluding hydrogens is 1130 g/mol. The maximum atomic E-state index is 8.69. The van der Waals surface area contributed by atoms with E-state index in [2.05, 4.69) is 312 Å². The Kier molecular flexibility index (Phi) is 10.9. The molecule has 92 heavy (non-hydrogen) atoms. The molecule has 5 heterocycles. The molecule has 0 saturated carbocycles. The highest BCUT2D eigenvalue weighted by Gasteiger charge is 2.64. The number of anilines is 12. The van der Waals surface area contributed by atoms with Gasteiger partial charge in [0.25, 0.3) is 0 Å². The quantitative estimate of drug-likeness (QED) is 0.154. The van der Waals surface area contributed by atoms with Crippen LogP contribution in [-0.2, 0) is 21.7 Å². The zero-order valence-corrected chi connectivity index (χ0v) is 57.0. The van der Waals surface area contributed by atoms with Crippen LogP contribution in [0.2, 0.25) is 6.55 Å². The van der Waals surface area contributed by atoms with Gasteiger partial charge in [-0.1, -0.05) is 180 Å². The summed E-state index contributed by atoms with van der Waals surface area (Å²) in [6.45, 7) is 38.5. The minimum Gasteiger partial charge on any atom is -0.457 e. The van der Waals surface area contributed by atoms with E-state index in [9.17, 15) is 0 Å². The Balaban J connectivity index is 0.967. The zero-order chi connectivity index (χ0) is 63.5. The Morgan fingerprint density at radius 3 is 0.967 bits per heavy atom. The SMILES string of the molecule is Cc1ccc(N(c2ccc(C)cc2)c2ccc3c(c2)C(C)(C)c2c4c5c6c(c2-3)C(C)(C)c2cc(C)ccc2N6c2cc(C)cc3c2[Si]5(C)c2c(c5c(c6c2N3c2ccc(C)cc2C6(C)C)-c2ccc(N(c3ccc(C)cc3)c3ccc(C)cc3)cc2C5(C)C)O4)cc1. The average molecular weight is 1210 g/mol. The third-order valence-electron chi connectivity index (χ3n) is 22.9. The van der Waals surface area contributed by atoms with Gasteiger partial charge >= 0.3 is 0 Å². The molecule has 5 aliphatic heterocycles. The van der Waals surface area contributed by atoms with Crippen molar-refractivity contribution in [3.63, 3.8) is 0 Å². The van der Waals surface area contributed by atoms with Crippen LogP contribution in [0.25, 0.3) is 22.3 Å². The van der Waals surface area contributed by atoms with Crippen LogP contribution in [0.3, 0.4) is 0 Å². The highest BCUT2D eigenvalue weighted by atomic mass is 28.3. The molecule has 11 aromatic rings. The summed E-state index contributed by atoms with van der Waals surface area (Å²) in [4.78, 5) is 10.4. The molecule has 0 fully saturated rings. The summed E-state index contributed by atoms with van der Waals surface area (Å²) in [6, 6.07) is 70.6. The molecule has 0 bridgehead atoms. The van der Waals surface area contributed by atoms with Gasteiger partial charge in [-0.15, -0.1) is 0 Å². The lowest BCUT2D eigenvalue weighted by molar-refractivity contribution is 0.452. The van der Waals surface area contributed by atoms with E-state index in [0.29, 0.717) is 0 Å². The second-order valence-electron chi connectivity index (χ2n) is 30.4. The fourth-order valence-electron chi connectivity index (χ4n) is 18.5. The summed E-state index contributed by atoms with van der Waals surface area (Å²) < 4.78 is 8.69. The van der Waals surface area contributed by atoms with Gasteiger partial charge in [0.1, 0.15) is 11.5 Å². The van der Waals surface area contributed by atoms with E-state index >= 15 is 0 Å². The molecule has 0 radical (unpaired) electrons. The predicted molar refractivity (Wildman–Crippen MR) is 388 cm³/mol. The average Bonchev–Trinajstić information content (AvgIpc) is 1.04. The lowest BCUT2D eigenvalue weighted by Gasteiger charge is -2.58. The Bertz CT molecular complexity index is 4750. The summed E-state index contributed by atoms with van der Waals surface area (Å²) in [5, 5.41) is 4.33. The molecule has 5 nitrogen and oxygen atoms in total. The highest BCUT2D eigenvalue weighted by molar-refractivity contribution is 7.15. The number of benzene rings is 11. The van der Waals surface area contributed by atoms with Gasteiger partial charge < -0.3 is 24.3 Å². The van der Waals surface area contributed by atoms with Crippen molar-refractivity contribution >= 4 is 91.9 Å². The minimum atomic E-state index is -3.22. The van der Waals surface area contributed by atoms with Crippen LogP contribution in [0.4, 0.5) is 68.2 Å². The summed E-state index contributed by atoms with van der Waals surface area (Å²) in [7, 11) is -3.22. The van der Waals surface area contributed by atoms with Gasteiger partial charge in [-0.2, -0.15) is 0 Å². The number of aryl methyl sites for hydroxylation is 7. The van der Waals surface area contributed by atoms with Crippen molar-refractivity contribution in [1.82, 2.24) is 0 Å². The second kappa shape index (κ2) is 18.0. The molecule has 6 heteroatoms. The number of ether oxygens (including phenoxy) is 1.